The lowest BCUT2D eigenvalue weighted by atomic mass is 9.43. The Hall–Kier alpha value is -2.09. The number of unbranched alkanes of at least 4 members (excludes halogenated alkanes) is 1. The molecule has 18 rings (SSSR count). The van der Waals surface area contributed by atoms with Gasteiger partial charge in [-0.3, -0.25) is 4.79 Å². The minimum absolute atomic E-state index is 0.0619. The lowest BCUT2D eigenvalue weighted by Gasteiger charge is -2.61. The number of allylic oxidation sites excluding steroid dienone is 6. The second kappa shape index (κ2) is 8.99. The molecule has 1 aromatic carbocycles. The fraction of sp³-hybridized carbons (Fsp3) is 0.759. The van der Waals surface area contributed by atoms with Crippen LogP contribution < -0.4 is 0 Å². The van der Waals surface area contributed by atoms with Gasteiger partial charge in [-0.05, 0) is 211 Å². The van der Waals surface area contributed by atoms with Crippen molar-refractivity contribution >= 4 is 5.97 Å². The van der Waals surface area contributed by atoms with Crippen molar-refractivity contribution < 1.29 is 9.53 Å². The first-order valence-electron chi connectivity index (χ1n) is 25.0. The van der Waals surface area contributed by atoms with Crippen LogP contribution in [0, 0.1) is 159 Å². The normalized spacial score (nSPS) is 65.6. The number of hydrogen-bond acceptors (Lipinski definition) is 2. The van der Waals surface area contributed by atoms with E-state index in [1.807, 2.05) is 5.57 Å². The highest BCUT2D eigenvalue weighted by Crippen LogP contribution is 2.97. The van der Waals surface area contributed by atoms with E-state index in [4.69, 9.17) is 4.74 Å². The molecule has 56 heavy (non-hydrogen) atoms. The highest BCUT2D eigenvalue weighted by molar-refractivity contribution is 5.69. The first-order chi connectivity index (χ1) is 27.7. The maximum absolute atomic E-state index is 13.3. The lowest BCUT2D eigenvalue weighted by molar-refractivity contribution is -0.144. The molecule has 2 nitrogen and oxygen atoms in total. The molecule has 28 unspecified atom stereocenters. The Morgan fingerprint density at radius 2 is 1.39 bits per heavy atom. The first kappa shape index (κ1) is 30.0. The Labute approximate surface area is 333 Å². The predicted molar refractivity (Wildman–Crippen MR) is 212 cm³/mol. The van der Waals surface area contributed by atoms with Crippen molar-refractivity contribution in [2.24, 2.45) is 159 Å². The van der Waals surface area contributed by atoms with E-state index in [9.17, 15) is 4.79 Å². The van der Waals surface area contributed by atoms with Gasteiger partial charge in [0, 0.05) is 23.2 Å². The van der Waals surface area contributed by atoms with Crippen LogP contribution >= 0.6 is 0 Å². The van der Waals surface area contributed by atoms with E-state index in [-0.39, 0.29) is 16.8 Å². The van der Waals surface area contributed by atoms with Gasteiger partial charge in [0.2, 0.25) is 0 Å². The molecule has 13 fully saturated rings. The summed E-state index contributed by atoms with van der Waals surface area (Å²) in [6.07, 6.45) is 20.5. The molecule has 288 valence electrons. The lowest BCUT2D eigenvalue weighted by Crippen LogP contribution is -2.58. The van der Waals surface area contributed by atoms with Crippen molar-refractivity contribution in [1.29, 1.82) is 0 Å². The minimum Gasteiger partial charge on any atom is -0.466 e. The van der Waals surface area contributed by atoms with Gasteiger partial charge in [-0.2, -0.15) is 0 Å². The zero-order chi connectivity index (χ0) is 35.6. The third-order valence-corrected chi connectivity index (χ3v) is 25.1. The molecule has 1 spiro atoms. The molecular weight excluding hydrogens is 681 g/mol. The SMILES string of the molecule is CCCCOC(=O)CCCC1(c2ccccc2)C2C3=CC4CC5CC6CC7=C8C9C(C7)CC7CC%10=CC21C1C%10C2C7C9C7C9C8C6C6C5C4C4C3C1C(C27)C4C96. The van der Waals surface area contributed by atoms with Gasteiger partial charge >= 0.3 is 5.97 Å². The molecule has 0 aliphatic heterocycles. The Kier molecular flexibility index (Phi) is 4.82. The standard InChI is InChI=1S/C54H60O2/c1-2-3-12-56-30(55)10-7-11-53(28-8-5-4-6-9-28)52-29-19-26-17-23-15-24-14-21-13-22-16-25-18-27-20-54(52,53)51-37(27)42-36(25)41-32(22)31(21)39-35(24)40-33(23)34(26)43-38(29)50(51)49-47(42)45(41)44(39)46(40)48(43)49/h4-6,8-9,19-20,22-26,32-52H,2-3,7,10-18H2,1H3. The van der Waals surface area contributed by atoms with E-state index in [1.54, 1.807) is 37.7 Å². The van der Waals surface area contributed by atoms with Crippen LogP contribution in [0.25, 0.3) is 0 Å². The van der Waals surface area contributed by atoms with Gasteiger partial charge in [-0.15, -0.1) is 0 Å². The zero-order valence-electron chi connectivity index (χ0n) is 33.4. The quantitative estimate of drug-likeness (QED) is 0.151. The summed E-state index contributed by atoms with van der Waals surface area (Å²) in [7, 11) is 0. The van der Waals surface area contributed by atoms with Crippen LogP contribution in [0.3, 0.4) is 0 Å². The third-order valence-electron chi connectivity index (χ3n) is 25.1. The van der Waals surface area contributed by atoms with E-state index in [0.717, 1.165) is 167 Å². The highest BCUT2D eigenvalue weighted by Gasteiger charge is 2.93. The molecule has 1 aromatic rings. The van der Waals surface area contributed by atoms with Crippen LogP contribution in [-0.2, 0) is 14.9 Å². The number of fused-ring (bicyclic) bond motifs is 1. The molecule has 0 amide bonds. The topological polar surface area (TPSA) is 26.3 Å². The molecule has 0 heterocycles. The summed E-state index contributed by atoms with van der Waals surface area (Å²) in [5.74, 6) is 26.4. The number of carbonyl (C=O) groups excluding carboxylic acids is 1. The van der Waals surface area contributed by atoms with E-state index < -0.39 is 0 Å². The number of ether oxygens (including phenoxy) is 1. The maximum atomic E-state index is 13.3. The van der Waals surface area contributed by atoms with Crippen LogP contribution in [0.15, 0.2) is 64.8 Å². The summed E-state index contributed by atoms with van der Waals surface area (Å²) in [5.41, 5.74) is 10.6. The van der Waals surface area contributed by atoms with Gasteiger partial charge in [-0.1, -0.05) is 78.1 Å². The Bertz CT molecular complexity index is 2210. The summed E-state index contributed by atoms with van der Waals surface area (Å²) in [6, 6.07) is 12.2. The molecule has 0 radical (unpaired) electrons. The second-order valence-electron chi connectivity index (χ2n) is 24.9. The van der Waals surface area contributed by atoms with Crippen molar-refractivity contribution in [1.82, 2.24) is 0 Å². The summed E-state index contributed by atoms with van der Waals surface area (Å²) in [4.78, 5) is 13.3. The van der Waals surface area contributed by atoms with Gasteiger partial charge in [-0.25, -0.2) is 0 Å². The van der Waals surface area contributed by atoms with Crippen molar-refractivity contribution in [3.63, 3.8) is 0 Å². The Morgan fingerprint density at radius 1 is 0.679 bits per heavy atom. The molecule has 0 N–H and O–H groups in total. The number of rotatable bonds is 8. The Balaban J connectivity index is 0.898. The summed E-state index contributed by atoms with van der Waals surface area (Å²) >= 11 is 0. The number of carbonyl (C=O) groups is 1. The zero-order valence-corrected chi connectivity index (χ0v) is 33.4. The monoisotopic (exact) mass is 740 g/mol. The minimum atomic E-state index is 0.0619. The van der Waals surface area contributed by atoms with Crippen LogP contribution in [0.4, 0.5) is 0 Å². The molecule has 0 bridgehead atoms. The molecule has 2 heteroatoms. The number of esters is 1. The second-order valence-corrected chi connectivity index (χ2v) is 24.9. The van der Waals surface area contributed by atoms with Gasteiger partial charge in [0.15, 0.2) is 0 Å². The average Bonchev–Trinajstić information content (AvgIpc) is 3.89. The van der Waals surface area contributed by atoms with Gasteiger partial charge in [0.1, 0.15) is 0 Å². The molecule has 17 aliphatic carbocycles. The van der Waals surface area contributed by atoms with Crippen molar-refractivity contribution in [3.8, 4) is 0 Å². The van der Waals surface area contributed by atoms with Gasteiger partial charge in [0.25, 0.3) is 0 Å². The number of hydrogen-bond donors (Lipinski definition) is 0. The fourth-order valence-corrected chi connectivity index (χ4v) is 26.1. The molecule has 28 atom stereocenters. The highest BCUT2D eigenvalue weighted by atomic mass is 16.5. The molecule has 13 saturated carbocycles. The molecule has 0 saturated heterocycles. The van der Waals surface area contributed by atoms with Crippen molar-refractivity contribution in [2.45, 2.75) is 83.0 Å². The van der Waals surface area contributed by atoms with Gasteiger partial charge in [0.05, 0.1) is 6.61 Å². The van der Waals surface area contributed by atoms with Crippen LogP contribution in [0.2, 0.25) is 0 Å². The number of benzene rings is 1. The van der Waals surface area contributed by atoms with Crippen molar-refractivity contribution in [3.05, 3.63) is 70.3 Å². The fourth-order valence-electron chi connectivity index (χ4n) is 26.1. The Morgan fingerprint density at radius 3 is 2.27 bits per heavy atom. The summed E-state index contributed by atoms with van der Waals surface area (Å²) in [5, 5.41) is 0. The predicted octanol–water partition coefficient (Wildman–Crippen LogP) is 10.2. The van der Waals surface area contributed by atoms with E-state index in [2.05, 4.69) is 66.1 Å². The van der Waals surface area contributed by atoms with Crippen LogP contribution in [0.5, 0.6) is 0 Å². The van der Waals surface area contributed by atoms with E-state index in [0.29, 0.717) is 18.9 Å². The first-order valence-corrected chi connectivity index (χ1v) is 25.0. The summed E-state index contributed by atoms with van der Waals surface area (Å²) in [6.45, 7) is 2.80. The third kappa shape index (κ3) is 2.64. The van der Waals surface area contributed by atoms with Crippen LogP contribution in [0.1, 0.15) is 83.1 Å². The smallest absolute Gasteiger partial charge is 0.305 e. The van der Waals surface area contributed by atoms with Gasteiger partial charge < -0.3 is 4.74 Å². The molecule has 17 aliphatic rings. The molecular formula is C54H60O2. The summed E-state index contributed by atoms with van der Waals surface area (Å²) < 4.78 is 5.83. The van der Waals surface area contributed by atoms with E-state index >= 15 is 0 Å². The van der Waals surface area contributed by atoms with Crippen LogP contribution in [-0.4, -0.2) is 12.6 Å². The van der Waals surface area contributed by atoms with E-state index in [1.165, 1.54) is 12.8 Å². The largest absolute Gasteiger partial charge is 0.466 e. The maximum Gasteiger partial charge on any atom is 0.305 e. The van der Waals surface area contributed by atoms with Crippen molar-refractivity contribution in [2.75, 3.05) is 6.61 Å². The molecule has 0 aromatic heterocycles. The average molecular weight is 741 g/mol.